The number of hydrogen-bond acceptors (Lipinski definition) is 11. The van der Waals surface area contributed by atoms with Gasteiger partial charge in [0.15, 0.2) is 12.6 Å². The number of carboxylic acids is 1. The lowest BCUT2D eigenvalue weighted by molar-refractivity contribution is -0.367. The average Bonchev–Trinajstić information content (AvgIpc) is 3.10. The zero-order valence-corrected chi connectivity index (χ0v) is 32.7. The van der Waals surface area contributed by atoms with E-state index < -0.39 is 73.3 Å². The van der Waals surface area contributed by atoms with Gasteiger partial charge in [0.25, 0.3) is 0 Å². The van der Waals surface area contributed by atoms with Crippen LogP contribution in [-0.4, -0.2) is 116 Å². The smallest absolute Gasteiger partial charge is 0.310 e. The Balaban J connectivity index is 1.11. The van der Waals surface area contributed by atoms with Crippen LogP contribution in [0.4, 0.5) is 0 Å². The molecule has 7 aliphatic rings. The molecule has 12 heteroatoms. The lowest BCUT2D eigenvalue weighted by atomic mass is 9.31. The molecule has 2 heterocycles. The summed E-state index contributed by atoms with van der Waals surface area (Å²) in [7, 11) is 0. The van der Waals surface area contributed by atoms with E-state index in [2.05, 4.69) is 54.5 Å². The molecule has 0 amide bonds. The molecule has 6 fully saturated rings. The third kappa shape index (κ3) is 5.77. The van der Waals surface area contributed by atoms with Gasteiger partial charge in [-0.05, 0) is 116 Å². The summed E-state index contributed by atoms with van der Waals surface area (Å²) >= 11 is 0. The second-order valence-electron chi connectivity index (χ2n) is 19.6. The van der Waals surface area contributed by atoms with Gasteiger partial charge in [-0.15, -0.1) is 0 Å². The summed E-state index contributed by atoms with van der Waals surface area (Å²) in [5, 5.41) is 73.4. The fourth-order valence-electron chi connectivity index (χ4n) is 14.0. The van der Waals surface area contributed by atoms with E-state index in [1.54, 1.807) is 0 Å². The highest BCUT2D eigenvalue weighted by atomic mass is 16.8. The Morgan fingerprint density at radius 2 is 1.55 bits per heavy atom. The molecule has 53 heavy (non-hydrogen) atoms. The zero-order chi connectivity index (χ0) is 38.6. The molecule has 302 valence electrons. The van der Waals surface area contributed by atoms with Crippen molar-refractivity contribution in [2.45, 2.75) is 168 Å². The Labute approximate surface area is 314 Å². The second kappa shape index (κ2) is 13.7. The van der Waals surface area contributed by atoms with Gasteiger partial charge in [-0.25, -0.2) is 0 Å². The van der Waals surface area contributed by atoms with E-state index in [1.165, 1.54) is 5.57 Å². The van der Waals surface area contributed by atoms with Crippen LogP contribution in [0.2, 0.25) is 0 Å². The van der Waals surface area contributed by atoms with Crippen LogP contribution in [0.15, 0.2) is 11.6 Å². The van der Waals surface area contributed by atoms with Crippen LogP contribution in [0.3, 0.4) is 0 Å². The summed E-state index contributed by atoms with van der Waals surface area (Å²) in [5.74, 6) is 0.900. The predicted octanol–water partition coefficient (Wildman–Crippen LogP) is 3.38. The number of aliphatic carboxylic acids is 1. The third-order valence-corrected chi connectivity index (χ3v) is 17.4. The Morgan fingerprint density at radius 3 is 2.23 bits per heavy atom. The SMILES string of the molecule is CC1=CC[C@]2(C(=O)O)CC[C@]3(C)[C@H](CC[C@@H]4[C@@]5(C)CC[C@H](O[C@@H]6OC[C@@H](O)[C@H](O)[C@H]6O[C@@H]6O[C@H](CO)[C@@H](O)[C@H](O)[C@H]6O)C(C)(C)[C@@H]5CC[C@]43C)[C@H]2[C@@H]1C. The molecule has 19 atom stereocenters. The van der Waals surface area contributed by atoms with Gasteiger partial charge >= 0.3 is 5.97 Å². The van der Waals surface area contributed by atoms with E-state index in [1.807, 2.05) is 0 Å². The highest BCUT2D eigenvalue weighted by molar-refractivity contribution is 5.76. The molecule has 0 bridgehead atoms. The van der Waals surface area contributed by atoms with Crippen molar-refractivity contribution in [1.82, 2.24) is 0 Å². The lowest BCUT2D eigenvalue weighted by Gasteiger charge is -2.73. The topological polar surface area (TPSA) is 196 Å². The van der Waals surface area contributed by atoms with Gasteiger partial charge in [0, 0.05) is 0 Å². The first-order valence-corrected chi connectivity index (χ1v) is 20.3. The molecule has 0 aromatic carbocycles. The van der Waals surface area contributed by atoms with E-state index in [-0.39, 0.29) is 46.2 Å². The normalized spacial score (nSPS) is 55.1. The maximum atomic E-state index is 13.1. The van der Waals surface area contributed by atoms with Crippen LogP contribution >= 0.6 is 0 Å². The maximum Gasteiger partial charge on any atom is 0.310 e. The molecule has 0 aromatic heterocycles. The van der Waals surface area contributed by atoms with Crippen molar-refractivity contribution >= 4 is 5.97 Å². The molecule has 7 N–H and O–H groups in total. The van der Waals surface area contributed by atoms with Crippen molar-refractivity contribution in [2.24, 2.45) is 56.7 Å². The minimum Gasteiger partial charge on any atom is -0.481 e. The summed E-state index contributed by atoms with van der Waals surface area (Å²) in [6, 6.07) is 0. The van der Waals surface area contributed by atoms with Crippen molar-refractivity contribution in [3.05, 3.63) is 11.6 Å². The maximum absolute atomic E-state index is 13.1. The molecule has 0 unspecified atom stereocenters. The van der Waals surface area contributed by atoms with Crippen LogP contribution < -0.4 is 0 Å². The van der Waals surface area contributed by atoms with Gasteiger partial charge in [-0.3, -0.25) is 4.79 Å². The molecule has 5 aliphatic carbocycles. The van der Waals surface area contributed by atoms with E-state index >= 15 is 0 Å². The number of aliphatic hydroxyl groups excluding tert-OH is 6. The molecule has 7 rings (SSSR count). The fraction of sp³-hybridized carbons (Fsp3) is 0.927. The minimum absolute atomic E-state index is 0.0229. The van der Waals surface area contributed by atoms with Crippen LogP contribution in [-0.2, 0) is 23.7 Å². The summed E-state index contributed by atoms with van der Waals surface area (Å²) in [5.41, 5.74) is 0.452. The number of hydrogen-bond donors (Lipinski definition) is 7. The van der Waals surface area contributed by atoms with Crippen LogP contribution in [0.5, 0.6) is 0 Å². The number of carbonyl (C=O) groups is 1. The molecular weight excluding hydrogens is 684 g/mol. The van der Waals surface area contributed by atoms with Crippen molar-refractivity contribution in [3.8, 4) is 0 Å². The first-order valence-electron chi connectivity index (χ1n) is 20.3. The van der Waals surface area contributed by atoms with Crippen molar-refractivity contribution in [2.75, 3.05) is 13.2 Å². The summed E-state index contributed by atoms with van der Waals surface area (Å²) in [6.45, 7) is 15.7. The summed E-state index contributed by atoms with van der Waals surface area (Å²) in [4.78, 5) is 13.1. The van der Waals surface area contributed by atoms with Crippen molar-refractivity contribution < 1.29 is 59.5 Å². The first kappa shape index (κ1) is 40.0. The number of aliphatic hydroxyl groups is 6. The summed E-state index contributed by atoms with van der Waals surface area (Å²) < 4.78 is 24.3. The van der Waals surface area contributed by atoms with Gasteiger partial charge in [0.2, 0.25) is 0 Å². The first-order chi connectivity index (χ1) is 24.8. The van der Waals surface area contributed by atoms with Gasteiger partial charge < -0.3 is 54.7 Å². The van der Waals surface area contributed by atoms with E-state index in [4.69, 9.17) is 18.9 Å². The van der Waals surface area contributed by atoms with Crippen LogP contribution in [0, 0.1) is 56.7 Å². The van der Waals surface area contributed by atoms with Crippen LogP contribution in [0.1, 0.15) is 106 Å². The molecule has 2 saturated heterocycles. The van der Waals surface area contributed by atoms with E-state index in [0.29, 0.717) is 24.2 Å². The van der Waals surface area contributed by atoms with Gasteiger partial charge in [0.05, 0.1) is 24.7 Å². The van der Waals surface area contributed by atoms with E-state index in [9.17, 15) is 40.5 Å². The molecule has 12 nitrogen and oxygen atoms in total. The monoisotopic (exact) mass is 750 g/mol. The predicted molar refractivity (Wildman–Crippen MR) is 192 cm³/mol. The number of ether oxygens (including phenoxy) is 4. The van der Waals surface area contributed by atoms with Gasteiger partial charge in [-0.2, -0.15) is 0 Å². The lowest BCUT2D eigenvalue weighted by Crippen LogP contribution is -2.68. The molecule has 2 aliphatic heterocycles. The minimum atomic E-state index is -1.69. The molecule has 0 aromatic rings. The Morgan fingerprint density at radius 1 is 0.830 bits per heavy atom. The Kier molecular flexibility index (Phi) is 10.4. The Hall–Kier alpha value is -1.19. The largest absolute Gasteiger partial charge is 0.481 e. The molecule has 0 radical (unpaired) electrons. The quantitative estimate of drug-likeness (QED) is 0.155. The van der Waals surface area contributed by atoms with E-state index in [0.717, 1.165) is 51.4 Å². The third-order valence-electron chi connectivity index (χ3n) is 17.4. The number of allylic oxidation sites excluding steroid dienone is 2. The zero-order valence-electron chi connectivity index (χ0n) is 32.7. The highest BCUT2D eigenvalue weighted by Crippen LogP contribution is 2.77. The van der Waals surface area contributed by atoms with Crippen molar-refractivity contribution in [3.63, 3.8) is 0 Å². The van der Waals surface area contributed by atoms with Crippen molar-refractivity contribution in [1.29, 1.82) is 0 Å². The highest BCUT2D eigenvalue weighted by Gasteiger charge is 2.71. The van der Waals surface area contributed by atoms with Crippen LogP contribution in [0.25, 0.3) is 0 Å². The molecular formula is C41H66O12. The summed E-state index contributed by atoms with van der Waals surface area (Å²) in [6.07, 6.45) is -2.72. The Bertz CT molecular complexity index is 1420. The van der Waals surface area contributed by atoms with Gasteiger partial charge in [-0.1, -0.05) is 53.2 Å². The molecule has 0 spiro atoms. The molecule has 4 saturated carbocycles. The number of rotatable bonds is 6. The average molecular weight is 751 g/mol. The second-order valence-corrected chi connectivity index (χ2v) is 19.6. The number of fused-ring (bicyclic) bond motifs is 7. The standard InChI is InChI=1S/C41H66O12/c1-20-10-15-41(36(48)49)17-16-39(6)22(28(41)21(20)2)8-9-26-38(5)13-12-27(37(3,4)25(38)11-14-40(26,39)7)52-35-33(29(44)23(43)19-50-35)53-34-32(47)31(46)30(45)24(18-42)51-34/h10,21-35,42-47H,8-9,11-19H2,1-7H3,(H,48,49)/t21-,22-,23-,24-,25+,26-,27+,28-,29+,30-,31+,32-,33-,34+,35+,38+,39-,40-,41+/m1/s1. The van der Waals surface area contributed by atoms with Gasteiger partial charge in [0.1, 0.15) is 42.7 Å². The fourth-order valence-corrected chi connectivity index (χ4v) is 14.0. The number of carboxylic acid groups (broad SMARTS) is 1.